The lowest BCUT2D eigenvalue weighted by molar-refractivity contribution is 0.401. The Morgan fingerprint density at radius 3 is 2.25 bits per heavy atom. The summed E-state index contributed by atoms with van der Waals surface area (Å²) in [5.41, 5.74) is 3.09. The molecule has 0 fully saturated rings. The topological polar surface area (TPSA) is 56.7 Å². The first kappa shape index (κ1) is 23.0. The largest absolute Gasteiger partial charge is 0.332 e. The van der Waals surface area contributed by atoms with Gasteiger partial charge in [0.05, 0.1) is 21.3 Å². The predicted octanol–water partition coefficient (Wildman–Crippen LogP) is 7.86. The van der Waals surface area contributed by atoms with Crippen molar-refractivity contribution in [1.82, 2.24) is 19.9 Å². The summed E-state index contributed by atoms with van der Waals surface area (Å²) in [6, 6.07) is 9.70. The summed E-state index contributed by atoms with van der Waals surface area (Å²) >= 11 is 14.5. The molecule has 0 aliphatic rings. The zero-order valence-corrected chi connectivity index (χ0v) is 21.6. The molecule has 0 saturated carbocycles. The quantitative estimate of drug-likeness (QED) is 0.294. The molecule has 0 amide bonds. The van der Waals surface area contributed by atoms with Gasteiger partial charge in [0.1, 0.15) is 0 Å². The van der Waals surface area contributed by atoms with E-state index in [-0.39, 0.29) is 10.8 Å². The normalized spacial score (nSPS) is 12.5. The first-order valence-corrected chi connectivity index (χ1v) is 11.9. The molecule has 4 aromatic rings. The Labute approximate surface area is 202 Å². The Balaban J connectivity index is 1.95. The van der Waals surface area contributed by atoms with Crippen LogP contribution in [-0.4, -0.2) is 19.9 Å². The average molecular weight is 489 g/mol. The van der Waals surface area contributed by atoms with Gasteiger partial charge in [-0.25, -0.2) is 4.68 Å². The van der Waals surface area contributed by atoms with Gasteiger partial charge in [-0.3, -0.25) is 0 Å². The van der Waals surface area contributed by atoms with Gasteiger partial charge in [-0.1, -0.05) is 69.9 Å². The van der Waals surface area contributed by atoms with Crippen LogP contribution in [0.2, 0.25) is 10.0 Å². The fourth-order valence-corrected chi connectivity index (χ4v) is 4.95. The van der Waals surface area contributed by atoms with Crippen molar-refractivity contribution in [3.05, 3.63) is 56.6 Å². The Morgan fingerprint density at radius 1 is 0.969 bits per heavy atom. The van der Waals surface area contributed by atoms with E-state index in [9.17, 15) is 0 Å². The molecular weight excluding hydrogens is 463 g/mol. The molecule has 0 aliphatic carbocycles. The van der Waals surface area contributed by atoms with Gasteiger partial charge in [-0.2, -0.15) is 10.1 Å². The standard InChI is InChI=1S/C24H26Cl2N4OS/c1-13-19(21-27-22(29-31-21)24(5,6)7)28-30(16-9-8-14(25)12-15(16)26)20(13)17-10-11-18(32-17)23(2,3)4/h8-12H,1-7H3. The summed E-state index contributed by atoms with van der Waals surface area (Å²) < 4.78 is 7.47. The Morgan fingerprint density at radius 2 is 1.69 bits per heavy atom. The predicted molar refractivity (Wildman–Crippen MR) is 132 cm³/mol. The first-order chi connectivity index (χ1) is 14.9. The van der Waals surface area contributed by atoms with Crippen molar-refractivity contribution in [1.29, 1.82) is 0 Å². The van der Waals surface area contributed by atoms with E-state index in [4.69, 9.17) is 32.8 Å². The fraction of sp³-hybridized carbons (Fsp3) is 0.375. The maximum Gasteiger partial charge on any atom is 0.278 e. The molecule has 4 rings (SSSR count). The number of nitrogens with zero attached hydrogens (tertiary/aromatic N) is 4. The Bertz CT molecular complexity index is 1290. The molecular formula is C24H26Cl2N4OS. The van der Waals surface area contributed by atoms with Gasteiger partial charge in [-0.05, 0) is 42.7 Å². The van der Waals surface area contributed by atoms with Crippen molar-refractivity contribution in [3.8, 4) is 27.8 Å². The van der Waals surface area contributed by atoms with Crippen molar-refractivity contribution >= 4 is 34.5 Å². The van der Waals surface area contributed by atoms with Crippen LogP contribution in [0.1, 0.15) is 57.8 Å². The summed E-state index contributed by atoms with van der Waals surface area (Å²) in [5, 5.41) is 10.1. The lowest BCUT2D eigenvalue weighted by atomic mass is 9.95. The number of thiophene rings is 1. The van der Waals surface area contributed by atoms with Gasteiger partial charge in [0, 0.05) is 20.9 Å². The van der Waals surface area contributed by atoms with Crippen LogP contribution in [0.5, 0.6) is 0 Å². The van der Waals surface area contributed by atoms with Gasteiger partial charge < -0.3 is 4.52 Å². The van der Waals surface area contributed by atoms with Gasteiger partial charge >= 0.3 is 0 Å². The number of benzene rings is 1. The highest BCUT2D eigenvalue weighted by molar-refractivity contribution is 7.15. The highest BCUT2D eigenvalue weighted by atomic mass is 35.5. The lowest BCUT2D eigenvalue weighted by Gasteiger charge is -2.15. The number of halogens is 2. The number of hydrogen-bond acceptors (Lipinski definition) is 5. The molecule has 3 aromatic heterocycles. The minimum atomic E-state index is -0.226. The molecule has 168 valence electrons. The molecule has 0 unspecified atom stereocenters. The van der Waals surface area contributed by atoms with Gasteiger partial charge in [0.15, 0.2) is 11.5 Å². The summed E-state index contributed by atoms with van der Waals surface area (Å²) in [7, 11) is 0. The number of hydrogen-bond donors (Lipinski definition) is 0. The van der Waals surface area contributed by atoms with Gasteiger partial charge in [-0.15, -0.1) is 11.3 Å². The third kappa shape index (κ3) is 4.24. The molecule has 3 heterocycles. The minimum Gasteiger partial charge on any atom is -0.332 e. The van der Waals surface area contributed by atoms with Crippen LogP contribution in [0.25, 0.3) is 27.8 Å². The van der Waals surface area contributed by atoms with Crippen molar-refractivity contribution < 1.29 is 4.52 Å². The monoisotopic (exact) mass is 488 g/mol. The molecule has 0 bridgehead atoms. The molecule has 1 aromatic carbocycles. The molecule has 0 aliphatic heterocycles. The highest BCUT2D eigenvalue weighted by Crippen LogP contribution is 2.41. The third-order valence-corrected chi connectivity index (χ3v) is 7.19. The molecule has 8 heteroatoms. The van der Waals surface area contributed by atoms with Crippen LogP contribution in [0.3, 0.4) is 0 Å². The second-order valence-corrected chi connectivity index (χ2v) is 11.8. The minimum absolute atomic E-state index is 0.0521. The zero-order valence-electron chi connectivity index (χ0n) is 19.2. The molecule has 0 saturated heterocycles. The van der Waals surface area contributed by atoms with E-state index in [2.05, 4.69) is 43.0 Å². The van der Waals surface area contributed by atoms with Crippen molar-refractivity contribution in [2.75, 3.05) is 0 Å². The van der Waals surface area contributed by atoms with Crippen molar-refractivity contribution in [2.24, 2.45) is 0 Å². The lowest BCUT2D eigenvalue weighted by Crippen LogP contribution is -2.13. The van der Waals surface area contributed by atoms with E-state index in [1.165, 1.54) is 4.88 Å². The SMILES string of the molecule is Cc1c(-c2nc(C(C)(C)C)no2)nn(-c2ccc(Cl)cc2Cl)c1-c1ccc(C(C)(C)C)s1. The van der Waals surface area contributed by atoms with Crippen LogP contribution in [0.15, 0.2) is 34.9 Å². The number of aromatic nitrogens is 4. The summed E-state index contributed by atoms with van der Waals surface area (Å²) in [6.45, 7) is 14.8. The van der Waals surface area contributed by atoms with E-state index in [1.807, 2.05) is 44.5 Å². The zero-order chi connectivity index (χ0) is 23.4. The maximum absolute atomic E-state index is 6.58. The van der Waals surface area contributed by atoms with Crippen molar-refractivity contribution in [3.63, 3.8) is 0 Å². The van der Waals surface area contributed by atoms with E-state index < -0.39 is 0 Å². The molecule has 5 nitrogen and oxygen atoms in total. The first-order valence-electron chi connectivity index (χ1n) is 10.4. The summed E-state index contributed by atoms with van der Waals surface area (Å²) in [6.07, 6.45) is 0. The smallest absolute Gasteiger partial charge is 0.278 e. The van der Waals surface area contributed by atoms with Crippen LogP contribution in [-0.2, 0) is 10.8 Å². The summed E-state index contributed by atoms with van der Waals surface area (Å²) in [5.74, 6) is 1.03. The van der Waals surface area contributed by atoms with E-state index in [1.54, 1.807) is 17.4 Å². The molecule has 32 heavy (non-hydrogen) atoms. The summed E-state index contributed by atoms with van der Waals surface area (Å²) in [4.78, 5) is 7.01. The average Bonchev–Trinajstić information content (AvgIpc) is 3.38. The van der Waals surface area contributed by atoms with E-state index in [0.29, 0.717) is 27.5 Å². The maximum atomic E-state index is 6.58. The molecule has 0 N–H and O–H groups in total. The van der Waals surface area contributed by atoms with Crippen LogP contribution >= 0.6 is 34.5 Å². The van der Waals surface area contributed by atoms with Crippen molar-refractivity contribution in [2.45, 2.75) is 59.3 Å². The third-order valence-electron chi connectivity index (χ3n) is 5.14. The fourth-order valence-electron chi connectivity index (χ4n) is 3.31. The highest BCUT2D eigenvalue weighted by Gasteiger charge is 2.28. The van der Waals surface area contributed by atoms with Crippen LogP contribution in [0.4, 0.5) is 0 Å². The number of rotatable bonds is 3. The van der Waals surface area contributed by atoms with Gasteiger partial charge in [0.2, 0.25) is 0 Å². The molecule has 0 spiro atoms. The van der Waals surface area contributed by atoms with Crippen LogP contribution in [0, 0.1) is 6.92 Å². The van der Waals surface area contributed by atoms with E-state index >= 15 is 0 Å². The Hall–Kier alpha value is -2.15. The van der Waals surface area contributed by atoms with Gasteiger partial charge in [0.25, 0.3) is 5.89 Å². The van der Waals surface area contributed by atoms with Crippen LogP contribution < -0.4 is 0 Å². The molecule has 0 atom stereocenters. The second kappa shape index (κ2) is 8.01. The Kier molecular flexibility index (Phi) is 5.76. The van der Waals surface area contributed by atoms with E-state index in [0.717, 1.165) is 21.8 Å². The molecule has 0 radical (unpaired) electrons. The second-order valence-electron chi connectivity index (χ2n) is 9.92.